The maximum absolute atomic E-state index is 13.6. The Morgan fingerprint density at radius 1 is 1.06 bits per heavy atom. The predicted octanol–water partition coefficient (Wildman–Crippen LogP) is 4.12. The molecule has 3 aromatic heterocycles. The smallest absolute Gasteiger partial charge is 0.226 e. The van der Waals surface area contributed by atoms with E-state index in [1.165, 1.54) is 12.1 Å². The van der Waals surface area contributed by atoms with Gasteiger partial charge in [0.15, 0.2) is 17.3 Å². The van der Waals surface area contributed by atoms with Crippen molar-refractivity contribution in [1.82, 2.24) is 29.6 Å². The molecule has 36 heavy (non-hydrogen) atoms. The highest BCUT2D eigenvalue weighted by molar-refractivity contribution is 5.95. The van der Waals surface area contributed by atoms with E-state index in [9.17, 15) is 9.18 Å². The minimum absolute atomic E-state index is 0.130. The maximum Gasteiger partial charge on any atom is 0.226 e. The Hall–Kier alpha value is -4.60. The van der Waals surface area contributed by atoms with Crippen molar-refractivity contribution in [3.8, 4) is 11.6 Å². The number of benzene rings is 2. The van der Waals surface area contributed by atoms with E-state index in [0.29, 0.717) is 28.9 Å². The molecule has 2 aromatic carbocycles. The van der Waals surface area contributed by atoms with Gasteiger partial charge in [-0.25, -0.2) is 4.39 Å². The van der Waals surface area contributed by atoms with Crippen LogP contribution in [0.15, 0.2) is 60.7 Å². The SMILES string of the molecule is Cc1nn(-c2ccc3nnc(C)n3n2)c2c1[C@H](c1ccccc1OCc1cccc(F)c1)CC(=O)N2. The summed E-state index contributed by atoms with van der Waals surface area (Å²) in [6.07, 6.45) is 0.247. The van der Waals surface area contributed by atoms with Crippen molar-refractivity contribution in [2.24, 2.45) is 0 Å². The normalized spacial score (nSPS) is 15.1. The zero-order valence-electron chi connectivity index (χ0n) is 19.6. The van der Waals surface area contributed by atoms with E-state index >= 15 is 0 Å². The quantitative estimate of drug-likeness (QED) is 0.404. The highest BCUT2D eigenvalue weighted by Gasteiger charge is 2.34. The Morgan fingerprint density at radius 3 is 2.78 bits per heavy atom. The Morgan fingerprint density at radius 2 is 1.92 bits per heavy atom. The average Bonchev–Trinajstić information content (AvgIpc) is 3.41. The molecule has 10 heteroatoms. The second kappa shape index (κ2) is 8.56. The van der Waals surface area contributed by atoms with Crippen LogP contribution in [-0.4, -0.2) is 35.5 Å². The molecule has 0 aliphatic carbocycles. The Balaban J connectivity index is 1.40. The first kappa shape index (κ1) is 21.9. The lowest BCUT2D eigenvalue weighted by atomic mass is 9.85. The van der Waals surface area contributed by atoms with Crippen LogP contribution in [0.25, 0.3) is 11.5 Å². The number of nitrogens with one attached hydrogen (secondary N) is 1. The van der Waals surface area contributed by atoms with Gasteiger partial charge in [0.1, 0.15) is 24.0 Å². The van der Waals surface area contributed by atoms with Gasteiger partial charge >= 0.3 is 0 Å². The molecule has 4 heterocycles. The van der Waals surface area contributed by atoms with Crippen molar-refractivity contribution in [2.75, 3.05) is 5.32 Å². The summed E-state index contributed by atoms with van der Waals surface area (Å²) in [4.78, 5) is 12.9. The summed E-state index contributed by atoms with van der Waals surface area (Å²) in [6, 6.07) is 17.5. The fraction of sp³-hybridized carbons (Fsp3) is 0.192. The first-order valence-corrected chi connectivity index (χ1v) is 11.5. The number of ether oxygens (including phenoxy) is 1. The summed E-state index contributed by atoms with van der Waals surface area (Å²) in [6.45, 7) is 3.94. The highest BCUT2D eigenvalue weighted by Crippen LogP contribution is 2.43. The molecule has 1 amide bonds. The van der Waals surface area contributed by atoms with Crippen LogP contribution >= 0.6 is 0 Å². The third kappa shape index (κ3) is 3.76. The van der Waals surface area contributed by atoms with Gasteiger partial charge in [-0.3, -0.25) is 4.79 Å². The molecular formula is C26H22FN7O2. The molecule has 1 aliphatic heterocycles. The number of aromatic nitrogens is 6. The number of amides is 1. The van der Waals surface area contributed by atoms with Crippen molar-refractivity contribution in [3.63, 3.8) is 0 Å². The summed E-state index contributed by atoms with van der Waals surface area (Å²) in [5, 5.41) is 20.5. The minimum atomic E-state index is -0.311. The molecule has 9 nitrogen and oxygen atoms in total. The van der Waals surface area contributed by atoms with Crippen LogP contribution in [0.2, 0.25) is 0 Å². The van der Waals surface area contributed by atoms with Crippen LogP contribution in [0.4, 0.5) is 10.2 Å². The van der Waals surface area contributed by atoms with Crippen LogP contribution in [0.5, 0.6) is 5.75 Å². The molecule has 180 valence electrons. The number of carbonyl (C=O) groups is 1. The number of carbonyl (C=O) groups excluding carboxylic acids is 1. The Bertz CT molecular complexity index is 1620. The van der Waals surface area contributed by atoms with Crippen molar-refractivity contribution < 1.29 is 13.9 Å². The van der Waals surface area contributed by atoms with E-state index in [1.54, 1.807) is 21.3 Å². The number of fused-ring (bicyclic) bond motifs is 2. The molecule has 0 saturated heterocycles. The molecule has 1 N–H and O–H groups in total. The number of rotatable bonds is 5. The second-order valence-electron chi connectivity index (χ2n) is 8.73. The van der Waals surface area contributed by atoms with Gasteiger partial charge in [-0.15, -0.1) is 15.3 Å². The highest BCUT2D eigenvalue weighted by atomic mass is 19.1. The Labute approximate surface area is 205 Å². The molecule has 0 radical (unpaired) electrons. The van der Waals surface area contributed by atoms with Crippen molar-refractivity contribution in [3.05, 3.63) is 94.7 Å². The molecule has 0 saturated carbocycles. The second-order valence-corrected chi connectivity index (χ2v) is 8.73. The zero-order chi connectivity index (χ0) is 24.8. The van der Waals surface area contributed by atoms with Crippen LogP contribution in [0.3, 0.4) is 0 Å². The van der Waals surface area contributed by atoms with Gasteiger partial charge in [-0.1, -0.05) is 30.3 Å². The van der Waals surface area contributed by atoms with Crippen molar-refractivity contribution in [1.29, 1.82) is 0 Å². The maximum atomic E-state index is 13.6. The first-order chi connectivity index (χ1) is 17.5. The third-order valence-electron chi connectivity index (χ3n) is 6.30. The standard InChI is InChI=1S/C26H22FN7O2/c1-15-25-20(19-8-3-4-9-21(19)36-14-17-6-5-7-18(27)12-17)13-24(35)28-26(25)34(31-15)23-11-10-22-30-29-16(2)33(22)32-23/h3-12,20H,13-14H2,1-2H3,(H,28,35)/t20-/m0/s1. The molecule has 6 rings (SSSR count). The monoisotopic (exact) mass is 483 g/mol. The van der Waals surface area contributed by atoms with Gasteiger partial charge in [-0.2, -0.15) is 14.3 Å². The van der Waals surface area contributed by atoms with E-state index in [4.69, 9.17) is 9.84 Å². The molecule has 0 bridgehead atoms. The van der Waals surface area contributed by atoms with Gasteiger partial charge in [-0.05, 0) is 49.7 Å². The van der Waals surface area contributed by atoms with Crippen molar-refractivity contribution >= 4 is 17.4 Å². The van der Waals surface area contributed by atoms with E-state index in [-0.39, 0.29) is 30.7 Å². The molecule has 0 spiro atoms. The largest absolute Gasteiger partial charge is 0.489 e. The minimum Gasteiger partial charge on any atom is -0.489 e. The number of nitrogens with zero attached hydrogens (tertiary/aromatic N) is 6. The Kier molecular flexibility index (Phi) is 5.21. The lowest BCUT2D eigenvalue weighted by Crippen LogP contribution is -2.25. The number of hydrogen-bond acceptors (Lipinski definition) is 6. The summed E-state index contributed by atoms with van der Waals surface area (Å²) < 4.78 is 23.0. The molecule has 5 aromatic rings. The number of aryl methyl sites for hydroxylation is 2. The van der Waals surface area contributed by atoms with Crippen molar-refractivity contribution in [2.45, 2.75) is 32.8 Å². The predicted molar refractivity (Wildman–Crippen MR) is 130 cm³/mol. The number of halogens is 1. The fourth-order valence-corrected chi connectivity index (χ4v) is 4.67. The molecule has 0 fully saturated rings. The summed E-state index contributed by atoms with van der Waals surface area (Å²) >= 11 is 0. The van der Waals surface area contributed by atoms with Gasteiger partial charge in [0.25, 0.3) is 0 Å². The van der Waals surface area contributed by atoms with Crippen LogP contribution in [0, 0.1) is 19.7 Å². The summed E-state index contributed by atoms with van der Waals surface area (Å²) in [7, 11) is 0. The summed E-state index contributed by atoms with van der Waals surface area (Å²) in [5.41, 5.74) is 3.89. The molecular weight excluding hydrogens is 461 g/mol. The summed E-state index contributed by atoms with van der Waals surface area (Å²) in [5.74, 6) is 1.68. The van der Waals surface area contributed by atoms with Gasteiger partial charge in [0, 0.05) is 23.5 Å². The van der Waals surface area contributed by atoms with E-state index in [2.05, 4.69) is 20.6 Å². The van der Waals surface area contributed by atoms with Gasteiger partial charge < -0.3 is 10.1 Å². The number of para-hydroxylation sites is 1. The lowest BCUT2D eigenvalue weighted by molar-refractivity contribution is -0.116. The first-order valence-electron chi connectivity index (χ1n) is 11.5. The molecule has 0 unspecified atom stereocenters. The molecule has 1 aliphatic rings. The lowest BCUT2D eigenvalue weighted by Gasteiger charge is -2.26. The van der Waals surface area contributed by atoms with Crippen LogP contribution < -0.4 is 10.1 Å². The number of hydrogen-bond donors (Lipinski definition) is 1. The zero-order valence-corrected chi connectivity index (χ0v) is 19.6. The third-order valence-corrected chi connectivity index (χ3v) is 6.30. The van der Waals surface area contributed by atoms with Gasteiger partial charge in [0.2, 0.25) is 5.91 Å². The number of anilines is 1. The fourth-order valence-electron chi connectivity index (χ4n) is 4.67. The van der Waals surface area contributed by atoms with Gasteiger partial charge in [0.05, 0.1) is 5.69 Å². The van der Waals surface area contributed by atoms with E-state index in [1.807, 2.05) is 50.2 Å². The van der Waals surface area contributed by atoms with E-state index in [0.717, 1.165) is 22.4 Å². The topological polar surface area (TPSA) is 99.2 Å². The van der Waals surface area contributed by atoms with Crippen LogP contribution in [-0.2, 0) is 11.4 Å². The van der Waals surface area contributed by atoms with Crippen LogP contribution in [0.1, 0.15) is 40.5 Å². The molecule has 1 atom stereocenters. The average molecular weight is 484 g/mol. The van der Waals surface area contributed by atoms with E-state index < -0.39 is 0 Å².